The second-order valence-electron chi connectivity index (χ2n) is 9.75. The maximum absolute atomic E-state index is 13.3. The van der Waals surface area contributed by atoms with Crippen LogP contribution >= 0.6 is 0 Å². The summed E-state index contributed by atoms with van der Waals surface area (Å²) in [6.45, 7) is 14.4. The highest BCUT2D eigenvalue weighted by Gasteiger charge is 2.43. The number of rotatable bonds is 4. The number of carbonyl (C=O) groups is 1. The van der Waals surface area contributed by atoms with Crippen LogP contribution in [0, 0.1) is 17.8 Å². The molecule has 9 heteroatoms. The molecule has 218 valence electrons. The Hall–Kier alpha value is -1.87. The molecule has 1 aromatic heterocycles. The molecule has 6 nitrogen and oxygen atoms in total. The quantitative estimate of drug-likeness (QED) is 0.530. The van der Waals surface area contributed by atoms with Gasteiger partial charge in [-0.3, -0.25) is 9.63 Å². The number of ether oxygens (including phenoxy) is 1. The van der Waals surface area contributed by atoms with Crippen LogP contribution in [0.5, 0.6) is 0 Å². The van der Waals surface area contributed by atoms with E-state index in [-0.39, 0.29) is 18.4 Å². The van der Waals surface area contributed by atoms with Gasteiger partial charge in [-0.2, -0.15) is 13.2 Å². The van der Waals surface area contributed by atoms with E-state index in [9.17, 15) is 18.0 Å². The van der Waals surface area contributed by atoms with Crippen molar-refractivity contribution >= 4 is 5.91 Å². The first-order valence-corrected chi connectivity index (χ1v) is 14.6. The fourth-order valence-electron chi connectivity index (χ4n) is 6.17. The largest absolute Gasteiger partial charge is 0.422 e. The van der Waals surface area contributed by atoms with Crippen LogP contribution in [0.25, 0.3) is 0 Å². The predicted molar refractivity (Wildman–Crippen MR) is 142 cm³/mol. The van der Waals surface area contributed by atoms with E-state index in [4.69, 9.17) is 9.57 Å². The van der Waals surface area contributed by atoms with Gasteiger partial charge in [0.15, 0.2) is 0 Å². The maximum Gasteiger partial charge on any atom is 0.422 e. The lowest BCUT2D eigenvalue weighted by Crippen LogP contribution is -2.51. The number of nitrogens with one attached hydrogen (secondary N) is 1. The monoisotopic (exact) mass is 544 g/mol. The highest BCUT2D eigenvalue weighted by atomic mass is 19.4. The average Bonchev–Trinajstić information content (AvgIpc) is 3.49. The van der Waals surface area contributed by atoms with Gasteiger partial charge in [0, 0.05) is 34.8 Å². The highest BCUT2D eigenvalue weighted by Crippen LogP contribution is 2.38. The molecule has 0 aromatic carbocycles. The van der Waals surface area contributed by atoms with Crippen molar-refractivity contribution in [2.24, 2.45) is 17.8 Å². The van der Waals surface area contributed by atoms with E-state index in [2.05, 4.69) is 5.32 Å². The van der Waals surface area contributed by atoms with Gasteiger partial charge in [-0.25, -0.2) is 0 Å². The Bertz CT molecular complexity index is 865. The van der Waals surface area contributed by atoms with Gasteiger partial charge >= 0.3 is 6.18 Å². The van der Waals surface area contributed by atoms with E-state index >= 15 is 0 Å². The van der Waals surface area contributed by atoms with Gasteiger partial charge in [-0.05, 0) is 50.0 Å². The van der Waals surface area contributed by atoms with Crippen LogP contribution in [0.3, 0.4) is 0 Å². The smallest absolute Gasteiger partial charge is 0.381 e. The Morgan fingerprint density at radius 3 is 2.26 bits per heavy atom. The number of nitrogens with zero attached hydrogens (tertiary/aromatic N) is 2. The number of halogens is 3. The van der Waals surface area contributed by atoms with E-state index in [0.717, 1.165) is 44.7 Å². The minimum absolute atomic E-state index is 0.0631. The van der Waals surface area contributed by atoms with Gasteiger partial charge in [-0.1, -0.05) is 41.5 Å². The fourth-order valence-corrected chi connectivity index (χ4v) is 6.17. The molecule has 4 atom stereocenters. The summed E-state index contributed by atoms with van der Waals surface area (Å²) in [5.74, 6) is 1.16. The zero-order chi connectivity index (χ0) is 28.5. The van der Waals surface area contributed by atoms with Crippen molar-refractivity contribution in [3.8, 4) is 0 Å². The number of alkyl halides is 3. The van der Waals surface area contributed by atoms with E-state index in [1.807, 2.05) is 41.5 Å². The third-order valence-electron chi connectivity index (χ3n) is 7.84. The molecule has 5 rings (SSSR count). The number of aromatic nitrogens is 1. The molecule has 1 N–H and O–H groups in total. The normalized spacial score (nSPS) is 27.5. The van der Waals surface area contributed by atoms with Crippen molar-refractivity contribution in [2.45, 2.75) is 105 Å². The van der Waals surface area contributed by atoms with Crippen LogP contribution in [0.4, 0.5) is 13.2 Å². The van der Waals surface area contributed by atoms with E-state index in [1.165, 1.54) is 24.7 Å². The summed E-state index contributed by atoms with van der Waals surface area (Å²) >= 11 is 0. The molecule has 2 aliphatic carbocycles. The first-order valence-electron chi connectivity index (χ1n) is 14.6. The molecule has 1 saturated heterocycles. The number of pyridine rings is 1. The van der Waals surface area contributed by atoms with Crippen molar-refractivity contribution in [3.63, 3.8) is 0 Å². The van der Waals surface area contributed by atoms with Gasteiger partial charge in [0.1, 0.15) is 12.7 Å². The Balaban J connectivity index is 0.000000791. The van der Waals surface area contributed by atoms with Crippen LogP contribution < -0.4 is 14.9 Å². The van der Waals surface area contributed by atoms with Crippen molar-refractivity contribution in [2.75, 3.05) is 26.9 Å². The van der Waals surface area contributed by atoms with Gasteiger partial charge in [0.05, 0.1) is 26.2 Å². The summed E-state index contributed by atoms with van der Waals surface area (Å²) in [6.07, 6.45) is 2.03. The van der Waals surface area contributed by atoms with E-state index in [0.29, 0.717) is 48.1 Å². The van der Waals surface area contributed by atoms with Crippen molar-refractivity contribution in [1.29, 1.82) is 0 Å². The Morgan fingerprint density at radius 1 is 1.05 bits per heavy atom. The number of fused-ring (bicyclic) bond motifs is 3. The lowest BCUT2D eigenvalue weighted by Gasteiger charge is -2.33. The molecule has 3 fully saturated rings. The molecule has 3 heterocycles. The molecule has 0 radical (unpaired) electrons. The third-order valence-corrected chi connectivity index (χ3v) is 7.84. The molecule has 4 unspecified atom stereocenters. The summed E-state index contributed by atoms with van der Waals surface area (Å²) in [4.78, 5) is 20.1. The lowest BCUT2D eigenvalue weighted by atomic mass is 9.95. The molecule has 4 aliphatic rings. The highest BCUT2D eigenvalue weighted by molar-refractivity contribution is 5.79. The molecule has 2 aliphatic heterocycles. The Morgan fingerprint density at radius 2 is 1.68 bits per heavy atom. The van der Waals surface area contributed by atoms with Crippen LogP contribution in [-0.2, 0) is 28.7 Å². The number of hydrogen-bond acceptors (Lipinski definition) is 4. The van der Waals surface area contributed by atoms with Crippen molar-refractivity contribution < 1.29 is 32.3 Å². The molecule has 38 heavy (non-hydrogen) atoms. The lowest BCUT2D eigenvalue weighted by molar-refractivity contribution is -0.891. The van der Waals surface area contributed by atoms with E-state index < -0.39 is 11.7 Å². The fraction of sp³-hybridized carbons (Fsp3) is 0.793. The summed E-state index contributed by atoms with van der Waals surface area (Å²) in [5.41, 5.74) is 0.446. The maximum atomic E-state index is 13.3. The molecule has 1 aromatic rings. The summed E-state index contributed by atoms with van der Waals surface area (Å²) < 4.78 is 46.8. The predicted octanol–water partition coefficient (Wildman–Crippen LogP) is 5.20. The third kappa shape index (κ3) is 7.40. The summed E-state index contributed by atoms with van der Waals surface area (Å²) in [5, 5.41) is 3.83. The standard InChI is InChI=1S/C23H31F3N3O3.3C2H6/c1-31-29-11-18(23(24,25)26)8-17-10-28(7-6-20(17)29)22(30)14-4-5-19(9-14)27-21-15-2-3-16(21)13-32-12-15;3*1-2/h8,11,14-16,19,21,27H,2-7,9-10,12-13H2,1H3;3*1-2H3/q+1;;;. The molecule has 1 amide bonds. The van der Waals surface area contributed by atoms with Gasteiger partial charge < -0.3 is 15.0 Å². The minimum atomic E-state index is -4.46. The van der Waals surface area contributed by atoms with Gasteiger partial charge in [0.25, 0.3) is 0 Å². The first kappa shape index (κ1) is 32.3. The topological polar surface area (TPSA) is 54.7 Å². The molecule has 2 saturated carbocycles. The zero-order valence-electron chi connectivity index (χ0n) is 24.4. The Kier molecular flexibility index (Phi) is 12.8. The molecule has 0 spiro atoms. The SMILES string of the molecule is CC.CC.CC.CO[n+]1cc(C(F)(F)F)cc2c1CCN(C(=O)C1CCC(NC3C4CCC3COC4)C1)C2. The second-order valence-corrected chi connectivity index (χ2v) is 9.75. The second kappa shape index (κ2) is 15.1. The molecular formula is C29H49F3N3O3+. The molecule has 2 bridgehead atoms. The van der Waals surface area contributed by atoms with E-state index in [1.54, 1.807) is 4.90 Å². The number of hydrogen-bond donors (Lipinski definition) is 1. The van der Waals surface area contributed by atoms with Gasteiger partial charge in [0.2, 0.25) is 17.8 Å². The van der Waals surface area contributed by atoms with Crippen LogP contribution in [0.1, 0.15) is 90.5 Å². The average molecular weight is 545 g/mol. The Labute approximate surface area is 227 Å². The summed E-state index contributed by atoms with van der Waals surface area (Å²) in [7, 11) is 1.36. The van der Waals surface area contributed by atoms with Crippen LogP contribution in [0.2, 0.25) is 0 Å². The van der Waals surface area contributed by atoms with Crippen molar-refractivity contribution in [3.05, 3.63) is 29.1 Å². The molecular weight excluding hydrogens is 495 g/mol. The van der Waals surface area contributed by atoms with Crippen molar-refractivity contribution in [1.82, 2.24) is 10.2 Å². The van der Waals surface area contributed by atoms with Gasteiger partial charge in [-0.15, -0.1) is 0 Å². The number of amides is 1. The summed E-state index contributed by atoms with van der Waals surface area (Å²) in [6, 6.07) is 1.99. The van der Waals surface area contributed by atoms with Crippen LogP contribution in [-0.4, -0.2) is 49.8 Å². The minimum Gasteiger partial charge on any atom is -0.381 e. The number of carbonyl (C=O) groups excluding carboxylic acids is 1. The van der Waals surface area contributed by atoms with Crippen LogP contribution in [0.15, 0.2) is 12.3 Å². The zero-order valence-corrected chi connectivity index (χ0v) is 24.4. The first-order chi connectivity index (χ1) is 18.3.